The molecule has 4 N–H and O–H groups in total. The number of unbranched alkanes of at least 4 members (excludes halogenated alkanes) is 1. The smallest absolute Gasteiger partial charge is 0.303 e. The summed E-state index contributed by atoms with van der Waals surface area (Å²) in [7, 11) is 0. The number of carbonyl (C=O) groups is 1. The number of carboxylic acids is 1. The first-order valence-corrected chi connectivity index (χ1v) is 9.98. The maximum Gasteiger partial charge on any atom is 0.303 e. The molecule has 6 atom stereocenters. The van der Waals surface area contributed by atoms with Crippen molar-refractivity contribution in [1.29, 1.82) is 0 Å². The monoisotopic (exact) mass is 388 g/mol. The average molecular weight is 389 g/mol. The van der Waals surface area contributed by atoms with Gasteiger partial charge in [-0.3, -0.25) is 4.79 Å². The molecule has 6 heteroatoms. The SMILES string of the molecule is CC(O)CCCC(O)/C=C/C1C(O)CC(Cl)C1C/C=C\CCCC(=O)O. The predicted octanol–water partition coefficient (Wildman–Crippen LogP) is 3.26. The number of allylic oxidation sites excluding steroid dienone is 2. The molecule has 1 fully saturated rings. The van der Waals surface area contributed by atoms with Gasteiger partial charge in [-0.2, -0.15) is 0 Å². The molecule has 1 aliphatic rings. The molecule has 0 heterocycles. The number of halogens is 1. The highest BCUT2D eigenvalue weighted by molar-refractivity contribution is 6.21. The van der Waals surface area contributed by atoms with E-state index in [2.05, 4.69) is 0 Å². The second kappa shape index (κ2) is 12.5. The second-order valence-corrected chi connectivity index (χ2v) is 7.85. The van der Waals surface area contributed by atoms with Crippen LogP contribution in [-0.4, -0.2) is 50.1 Å². The van der Waals surface area contributed by atoms with Gasteiger partial charge in [0.05, 0.1) is 18.3 Å². The zero-order chi connectivity index (χ0) is 19.5. The van der Waals surface area contributed by atoms with Crippen LogP contribution in [0.15, 0.2) is 24.3 Å². The van der Waals surface area contributed by atoms with Crippen LogP contribution < -0.4 is 0 Å². The van der Waals surface area contributed by atoms with Crippen LogP contribution in [0.2, 0.25) is 0 Å². The van der Waals surface area contributed by atoms with E-state index < -0.39 is 18.2 Å². The van der Waals surface area contributed by atoms with Gasteiger partial charge < -0.3 is 20.4 Å². The minimum Gasteiger partial charge on any atom is -0.481 e. The molecule has 6 unspecified atom stereocenters. The number of hydrogen-bond donors (Lipinski definition) is 4. The summed E-state index contributed by atoms with van der Waals surface area (Å²) < 4.78 is 0. The molecule has 0 radical (unpaired) electrons. The third-order valence-corrected chi connectivity index (χ3v) is 5.39. The third kappa shape index (κ3) is 9.17. The van der Waals surface area contributed by atoms with E-state index in [-0.39, 0.29) is 29.7 Å². The number of hydrogen-bond acceptors (Lipinski definition) is 4. The highest BCUT2D eigenvalue weighted by atomic mass is 35.5. The quantitative estimate of drug-likeness (QED) is 0.234. The number of rotatable bonds is 12. The van der Waals surface area contributed by atoms with E-state index >= 15 is 0 Å². The molecule has 26 heavy (non-hydrogen) atoms. The van der Waals surface area contributed by atoms with Crippen LogP contribution in [0.1, 0.15) is 58.3 Å². The first-order chi connectivity index (χ1) is 12.3. The van der Waals surface area contributed by atoms with Crippen molar-refractivity contribution in [3.05, 3.63) is 24.3 Å². The molecule has 150 valence electrons. The van der Waals surface area contributed by atoms with Crippen molar-refractivity contribution in [3.8, 4) is 0 Å². The standard InChI is InChI=1S/C20H33ClO5/c1-14(22)7-6-8-15(23)11-12-17-16(18(21)13-19(17)24)9-4-2-3-5-10-20(25)26/h2,4,11-12,14-19,22-24H,3,5-10,13H2,1H3,(H,25,26)/b4-2-,12-11+. The van der Waals surface area contributed by atoms with Crippen LogP contribution >= 0.6 is 11.6 Å². The van der Waals surface area contributed by atoms with Crippen molar-refractivity contribution in [3.63, 3.8) is 0 Å². The summed E-state index contributed by atoms with van der Waals surface area (Å²) in [5, 5.41) is 38.0. The minimum atomic E-state index is -0.782. The first-order valence-electron chi connectivity index (χ1n) is 9.54. The number of aliphatic carboxylic acids is 1. The largest absolute Gasteiger partial charge is 0.481 e. The summed E-state index contributed by atoms with van der Waals surface area (Å²) in [6.07, 6.45) is 10.9. The Morgan fingerprint density at radius 3 is 2.62 bits per heavy atom. The van der Waals surface area contributed by atoms with Gasteiger partial charge in [0, 0.05) is 17.7 Å². The molecule has 5 nitrogen and oxygen atoms in total. The molecule has 0 spiro atoms. The van der Waals surface area contributed by atoms with Crippen molar-refractivity contribution >= 4 is 17.6 Å². The van der Waals surface area contributed by atoms with Gasteiger partial charge in [0.15, 0.2) is 0 Å². The Morgan fingerprint density at radius 2 is 1.96 bits per heavy atom. The number of alkyl halides is 1. The Bertz CT molecular complexity index is 463. The first kappa shape index (κ1) is 23.2. The zero-order valence-electron chi connectivity index (χ0n) is 15.5. The van der Waals surface area contributed by atoms with Gasteiger partial charge in [-0.1, -0.05) is 24.3 Å². The van der Waals surface area contributed by atoms with Crippen LogP contribution in [-0.2, 0) is 4.79 Å². The summed E-state index contributed by atoms with van der Waals surface area (Å²) in [4.78, 5) is 10.5. The van der Waals surface area contributed by atoms with Gasteiger partial charge in [0.25, 0.3) is 0 Å². The average Bonchev–Trinajstić information content (AvgIpc) is 2.81. The van der Waals surface area contributed by atoms with E-state index in [9.17, 15) is 20.1 Å². The highest BCUT2D eigenvalue weighted by Gasteiger charge is 2.39. The molecule has 0 aromatic heterocycles. The van der Waals surface area contributed by atoms with Crippen LogP contribution in [0.25, 0.3) is 0 Å². The maximum atomic E-state index is 10.5. The predicted molar refractivity (Wildman–Crippen MR) is 103 cm³/mol. The Hall–Kier alpha value is -0.880. The van der Waals surface area contributed by atoms with Gasteiger partial charge in [-0.05, 0) is 57.8 Å². The number of aliphatic hydroxyl groups is 3. The minimum absolute atomic E-state index is 0.0902. The summed E-state index contributed by atoms with van der Waals surface area (Å²) in [5.41, 5.74) is 0. The van der Waals surface area contributed by atoms with Gasteiger partial charge in [0.1, 0.15) is 0 Å². The molecule has 0 amide bonds. The Kier molecular flexibility index (Phi) is 11.1. The van der Waals surface area contributed by atoms with Crippen LogP contribution in [0.5, 0.6) is 0 Å². The Labute approximate surface area is 161 Å². The maximum absolute atomic E-state index is 10.5. The molecular weight excluding hydrogens is 356 g/mol. The third-order valence-electron chi connectivity index (χ3n) is 4.88. The van der Waals surface area contributed by atoms with Crippen molar-refractivity contribution in [2.45, 2.75) is 82.0 Å². The molecule has 0 bridgehead atoms. The van der Waals surface area contributed by atoms with Gasteiger partial charge >= 0.3 is 5.97 Å². The van der Waals surface area contributed by atoms with Crippen molar-refractivity contribution < 1.29 is 25.2 Å². The molecular formula is C20H33ClO5. The van der Waals surface area contributed by atoms with Crippen molar-refractivity contribution in [2.75, 3.05) is 0 Å². The topological polar surface area (TPSA) is 98.0 Å². The summed E-state index contributed by atoms with van der Waals surface area (Å²) in [6.45, 7) is 1.73. The van der Waals surface area contributed by atoms with Crippen molar-refractivity contribution in [2.24, 2.45) is 11.8 Å². The molecule has 1 rings (SSSR count). The lowest BCUT2D eigenvalue weighted by Crippen LogP contribution is -2.19. The molecule has 0 saturated heterocycles. The van der Waals surface area contributed by atoms with E-state index in [1.807, 2.05) is 18.2 Å². The molecule has 0 aromatic carbocycles. The molecule has 0 aliphatic heterocycles. The van der Waals surface area contributed by atoms with Crippen molar-refractivity contribution in [1.82, 2.24) is 0 Å². The van der Waals surface area contributed by atoms with E-state index in [0.717, 1.165) is 19.3 Å². The summed E-state index contributed by atoms with van der Waals surface area (Å²) >= 11 is 6.39. The van der Waals surface area contributed by atoms with Crippen LogP contribution in [0, 0.1) is 11.8 Å². The van der Waals surface area contributed by atoms with E-state index in [1.165, 1.54) is 0 Å². The fourth-order valence-electron chi connectivity index (χ4n) is 3.38. The normalized spacial score (nSPS) is 28.8. The lowest BCUT2D eigenvalue weighted by molar-refractivity contribution is -0.137. The van der Waals surface area contributed by atoms with Gasteiger partial charge in [-0.25, -0.2) is 0 Å². The number of carboxylic acid groups (broad SMARTS) is 1. The van der Waals surface area contributed by atoms with Gasteiger partial charge in [-0.15, -0.1) is 11.6 Å². The van der Waals surface area contributed by atoms with E-state index in [1.54, 1.807) is 13.0 Å². The zero-order valence-corrected chi connectivity index (χ0v) is 16.3. The Balaban J connectivity index is 2.46. The fraction of sp³-hybridized carbons (Fsp3) is 0.750. The van der Waals surface area contributed by atoms with E-state index in [4.69, 9.17) is 16.7 Å². The lowest BCUT2D eigenvalue weighted by atomic mass is 9.90. The fourth-order valence-corrected chi connectivity index (χ4v) is 3.84. The summed E-state index contributed by atoms with van der Waals surface area (Å²) in [5.74, 6) is -0.772. The second-order valence-electron chi connectivity index (χ2n) is 7.29. The number of aliphatic hydroxyl groups excluding tert-OH is 3. The van der Waals surface area contributed by atoms with Gasteiger partial charge in [0.2, 0.25) is 0 Å². The highest BCUT2D eigenvalue weighted by Crippen LogP contribution is 2.39. The lowest BCUT2D eigenvalue weighted by Gasteiger charge is -2.19. The van der Waals surface area contributed by atoms with E-state index in [0.29, 0.717) is 25.7 Å². The Morgan fingerprint density at radius 1 is 1.23 bits per heavy atom. The molecule has 1 aliphatic carbocycles. The molecule has 0 aromatic rings. The summed E-state index contributed by atoms with van der Waals surface area (Å²) in [6, 6.07) is 0. The molecule has 1 saturated carbocycles. The van der Waals surface area contributed by atoms with Crippen LogP contribution in [0.4, 0.5) is 0 Å². The van der Waals surface area contributed by atoms with Crippen LogP contribution in [0.3, 0.4) is 0 Å².